The van der Waals surface area contributed by atoms with E-state index in [9.17, 15) is 18.4 Å². The van der Waals surface area contributed by atoms with Gasteiger partial charge in [0.2, 0.25) is 0 Å². The molecule has 1 aliphatic carbocycles. The van der Waals surface area contributed by atoms with E-state index in [2.05, 4.69) is 24.5 Å². The Hall–Kier alpha value is -3.28. The van der Waals surface area contributed by atoms with Crippen LogP contribution >= 0.6 is 0 Å². The van der Waals surface area contributed by atoms with Crippen molar-refractivity contribution in [3.05, 3.63) is 87.8 Å². The highest BCUT2D eigenvalue weighted by molar-refractivity contribution is 6.10. The van der Waals surface area contributed by atoms with E-state index in [0.717, 1.165) is 29.0 Å². The molecule has 0 unspecified atom stereocenters. The van der Waals surface area contributed by atoms with E-state index in [0.29, 0.717) is 29.7 Å². The van der Waals surface area contributed by atoms with Crippen LogP contribution in [-0.4, -0.2) is 11.7 Å². The van der Waals surface area contributed by atoms with Crippen molar-refractivity contribution in [3.8, 4) is 0 Å². The van der Waals surface area contributed by atoms with Crippen molar-refractivity contribution in [1.29, 1.82) is 0 Å². The first kappa shape index (κ1) is 21.9. The minimum absolute atomic E-state index is 0.0000812. The Morgan fingerprint density at radius 3 is 2.41 bits per heavy atom. The molecule has 6 heteroatoms. The van der Waals surface area contributed by atoms with Crippen LogP contribution in [0.4, 0.5) is 14.5 Å². The number of dihydropyridines is 1. The Kier molecular flexibility index (Phi) is 5.49. The monoisotopic (exact) mass is 436 g/mol. The van der Waals surface area contributed by atoms with Crippen LogP contribution in [0.5, 0.6) is 0 Å². The molecule has 0 saturated carbocycles. The summed E-state index contributed by atoms with van der Waals surface area (Å²) in [6.45, 7) is 7.86. The minimum Gasteiger partial charge on any atom is -0.362 e. The van der Waals surface area contributed by atoms with Crippen molar-refractivity contribution < 1.29 is 18.4 Å². The molecule has 0 spiro atoms. The molecule has 1 atom stereocenters. The molecule has 0 radical (unpaired) electrons. The Balaban J connectivity index is 1.80. The zero-order valence-corrected chi connectivity index (χ0v) is 18.6. The van der Waals surface area contributed by atoms with E-state index in [4.69, 9.17) is 0 Å². The number of aryl methyl sites for hydroxylation is 1. The summed E-state index contributed by atoms with van der Waals surface area (Å²) >= 11 is 0. The van der Waals surface area contributed by atoms with Crippen LogP contribution in [0.2, 0.25) is 0 Å². The quantitative estimate of drug-likeness (QED) is 0.667. The molecule has 166 valence electrons. The number of nitrogens with one attached hydrogen (secondary N) is 2. The van der Waals surface area contributed by atoms with Gasteiger partial charge in [-0.15, -0.1) is 0 Å². The number of hydrogen-bond donors (Lipinski definition) is 2. The van der Waals surface area contributed by atoms with Gasteiger partial charge in [0, 0.05) is 40.9 Å². The van der Waals surface area contributed by atoms with E-state index < -0.39 is 23.5 Å². The SMILES string of the molecule is CC1=C(C(=O)Nc2ccc(F)cc2F)[C@H](c2ccc(C)cc2)C2=C(CC(C)(C)CC2=O)N1. The fourth-order valence-electron chi connectivity index (χ4n) is 4.61. The molecule has 32 heavy (non-hydrogen) atoms. The number of rotatable bonds is 3. The van der Waals surface area contributed by atoms with Crippen LogP contribution < -0.4 is 10.6 Å². The predicted molar refractivity (Wildman–Crippen MR) is 120 cm³/mol. The Labute approximate surface area is 186 Å². The zero-order chi connectivity index (χ0) is 23.2. The summed E-state index contributed by atoms with van der Waals surface area (Å²) in [7, 11) is 0. The Morgan fingerprint density at radius 1 is 1.06 bits per heavy atom. The first-order valence-corrected chi connectivity index (χ1v) is 10.6. The van der Waals surface area contributed by atoms with Gasteiger partial charge in [0.15, 0.2) is 5.78 Å². The van der Waals surface area contributed by atoms with Gasteiger partial charge in [-0.3, -0.25) is 9.59 Å². The van der Waals surface area contributed by atoms with Crippen molar-refractivity contribution in [2.24, 2.45) is 5.41 Å². The molecule has 4 rings (SSSR count). The highest BCUT2D eigenvalue weighted by Gasteiger charge is 2.42. The molecule has 4 nitrogen and oxygen atoms in total. The Morgan fingerprint density at radius 2 is 1.75 bits per heavy atom. The van der Waals surface area contributed by atoms with Gasteiger partial charge in [-0.25, -0.2) is 8.78 Å². The van der Waals surface area contributed by atoms with Crippen LogP contribution in [0.3, 0.4) is 0 Å². The van der Waals surface area contributed by atoms with Crippen LogP contribution in [0, 0.1) is 24.0 Å². The molecule has 2 N–H and O–H groups in total. The van der Waals surface area contributed by atoms with Crippen molar-refractivity contribution in [1.82, 2.24) is 5.32 Å². The third-order valence-corrected chi connectivity index (χ3v) is 6.07. The summed E-state index contributed by atoms with van der Waals surface area (Å²) in [5.41, 5.74) is 3.97. The largest absolute Gasteiger partial charge is 0.362 e. The zero-order valence-electron chi connectivity index (χ0n) is 18.6. The van der Waals surface area contributed by atoms with Gasteiger partial charge < -0.3 is 10.6 Å². The van der Waals surface area contributed by atoms with Crippen molar-refractivity contribution >= 4 is 17.4 Å². The molecule has 1 amide bonds. The van der Waals surface area contributed by atoms with E-state index in [1.54, 1.807) is 6.92 Å². The molecular formula is C26H26F2N2O2. The Bertz CT molecular complexity index is 1180. The highest BCUT2D eigenvalue weighted by Crippen LogP contribution is 2.46. The van der Waals surface area contributed by atoms with Crippen LogP contribution in [0.25, 0.3) is 0 Å². The van der Waals surface area contributed by atoms with Crippen molar-refractivity contribution in [3.63, 3.8) is 0 Å². The second-order valence-corrected chi connectivity index (χ2v) is 9.42. The average Bonchev–Trinajstić information content (AvgIpc) is 2.68. The fourth-order valence-corrected chi connectivity index (χ4v) is 4.61. The van der Waals surface area contributed by atoms with E-state index in [1.807, 2.05) is 31.2 Å². The summed E-state index contributed by atoms with van der Waals surface area (Å²) in [4.78, 5) is 26.6. The predicted octanol–water partition coefficient (Wildman–Crippen LogP) is 5.52. The lowest BCUT2D eigenvalue weighted by Crippen LogP contribution is -2.39. The van der Waals surface area contributed by atoms with Gasteiger partial charge in [-0.2, -0.15) is 0 Å². The third-order valence-electron chi connectivity index (χ3n) is 6.07. The number of amides is 1. The van der Waals surface area contributed by atoms with Crippen LogP contribution in [0.1, 0.15) is 50.7 Å². The number of ketones is 1. The fraction of sp³-hybridized carbons (Fsp3) is 0.308. The number of allylic oxidation sites excluding steroid dienone is 3. The first-order valence-electron chi connectivity index (χ1n) is 10.6. The van der Waals surface area contributed by atoms with E-state index >= 15 is 0 Å². The standard InChI is InChI=1S/C26H26F2N2O2/c1-14-5-7-16(8-6-14)23-22(25(32)30-19-10-9-17(27)11-18(19)28)15(2)29-20-12-26(3,4)13-21(31)24(20)23/h5-11,23,29H,12-13H2,1-4H3,(H,30,32)/t23-/m0/s1. The number of anilines is 1. The highest BCUT2D eigenvalue weighted by atomic mass is 19.1. The molecule has 0 aromatic heterocycles. The number of hydrogen-bond acceptors (Lipinski definition) is 3. The van der Waals surface area contributed by atoms with Gasteiger partial charge in [-0.1, -0.05) is 43.7 Å². The lowest BCUT2D eigenvalue weighted by molar-refractivity contribution is -0.118. The van der Waals surface area contributed by atoms with Crippen molar-refractivity contribution in [2.75, 3.05) is 5.32 Å². The summed E-state index contributed by atoms with van der Waals surface area (Å²) in [5, 5.41) is 5.84. The van der Waals surface area contributed by atoms with Gasteiger partial charge in [0.05, 0.1) is 5.69 Å². The van der Waals surface area contributed by atoms with Crippen LogP contribution in [-0.2, 0) is 9.59 Å². The summed E-state index contributed by atoms with van der Waals surface area (Å²) in [6, 6.07) is 10.7. The lowest BCUT2D eigenvalue weighted by atomic mass is 9.68. The van der Waals surface area contributed by atoms with Gasteiger partial charge in [0.25, 0.3) is 5.91 Å². The molecule has 0 saturated heterocycles. The van der Waals surface area contributed by atoms with Crippen molar-refractivity contribution in [2.45, 2.75) is 46.5 Å². The second kappa shape index (κ2) is 8.01. The second-order valence-electron chi connectivity index (χ2n) is 9.42. The summed E-state index contributed by atoms with van der Waals surface area (Å²) in [5.74, 6) is -2.69. The maximum atomic E-state index is 14.2. The van der Waals surface area contributed by atoms with E-state index in [-0.39, 0.29) is 16.9 Å². The minimum atomic E-state index is -0.859. The number of Topliss-reactive ketones (excluding diaryl/α,β-unsaturated/α-hetero) is 1. The molecule has 2 aliphatic rings. The maximum absolute atomic E-state index is 14.2. The van der Waals surface area contributed by atoms with E-state index in [1.165, 1.54) is 6.07 Å². The number of halogens is 2. The van der Waals surface area contributed by atoms with Crippen LogP contribution in [0.15, 0.2) is 65.0 Å². The van der Waals surface area contributed by atoms with Gasteiger partial charge >= 0.3 is 0 Å². The normalized spacial score (nSPS) is 20.1. The average molecular weight is 437 g/mol. The molecule has 1 heterocycles. The molecule has 1 aliphatic heterocycles. The first-order chi connectivity index (χ1) is 15.1. The third kappa shape index (κ3) is 4.09. The molecule has 2 aromatic carbocycles. The number of carbonyl (C=O) groups is 2. The summed E-state index contributed by atoms with van der Waals surface area (Å²) < 4.78 is 27.5. The number of carbonyl (C=O) groups excluding carboxylic acids is 2. The molecule has 0 fully saturated rings. The topological polar surface area (TPSA) is 58.2 Å². The van der Waals surface area contributed by atoms with Gasteiger partial charge in [0.1, 0.15) is 11.6 Å². The maximum Gasteiger partial charge on any atom is 0.254 e. The molecule has 0 bridgehead atoms. The number of benzene rings is 2. The summed E-state index contributed by atoms with van der Waals surface area (Å²) in [6.07, 6.45) is 1.08. The smallest absolute Gasteiger partial charge is 0.254 e. The van der Waals surface area contributed by atoms with Gasteiger partial charge in [-0.05, 0) is 43.4 Å². The molecular weight excluding hydrogens is 410 g/mol. The lowest BCUT2D eigenvalue weighted by Gasteiger charge is -2.39. The molecule has 2 aromatic rings.